The fourth-order valence-electron chi connectivity index (χ4n) is 4.26. The van der Waals surface area contributed by atoms with E-state index in [9.17, 15) is 14.0 Å². The maximum atomic E-state index is 13.2. The van der Waals surface area contributed by atoms with Crippen LogP contribution in [0.3, 0.4) is 0 Å². The van der Waals surface area contributed by atoms with Crippen molar-refractivity contribution in [3.8, 4) is 0 Å². The van der Waals surface area contributed by atoms with Gasteiger partial charge in [0.25, 0.3) is 5.91 Å². The maximum absolute atomic E-state index is 13.2. The molecule has 0 radical (unpaired) electrons. The molecule has 2 atom stereocenters. The zero-order valence-electron chi connectivity index (χ0n) is 14.3. The molecule has 3 heterocycles. The number of halogens is 1. The van der Waals surface area contributed by atoms with Gasteiger partial charge in [-0.2, -0.15) is 0 Å². The van der Waals surface area contributed by atoms with Gasteiger partial charge in [0.2, 0.25) is 5.91 Å². The highest BCUT2D eigenvalue weighted by molar-refractivity contribution is 5.94. The standard InChI is InChI=1S/C20H20FN3O2/c21-15-7-3-13(4-8-15)10-24-18-12-22(19(25)14-5-6-14)11-17(18)23-9-1-2-16(23)20(24)26/h1-4,7-9,14,17-18H,5-6,10-12H2/t17-,18+/m0/s1. The molecule has 1 saturated carbocycles. The van der Waals surface area contributed by atoms with Crippen LogP contribution in [0, 0.1) is 11.7 Å². The maximum Gasteiger partial charge on any atom is 0.271 e. The zero-order valence-corrected chi connectivity index (χ0v) is 14.3. The smallest absolute Gasteiger partial charge is 0.271 e. The van der Waals surface area contributed by atoms with E-state index in [1.807, 2.05) is 32.7 Å². The first-order valence-electron chi connectivity index (χ1n) is 9.13. The quantitative estimate of drug-likeness (QED) is 0.851. The Morgan fingerprint density at radius 3 is 2.54 bits per heavy atom. The Hall–Kier alpha value is -2.63. The topological polar surface area (TPSA) is 45.6 Å². The van der Waals surface area contributed by atoms with Crippen LogP contribution in [0.4, 0.5) is 4.39 Å². The van der Waals surface area contributed by atoms with Crippen molar-refractivity contribution < 1.29 is 14.0 Å². The van der Waals surface area contributed by atoms with E-state index in [0.717, 1.165) is 18.4 Å². The number of amides is 2. The Kier molecular flexibility index (Phi) is 3.42. The normalized spacial score (nSPS) is 24.6. The van der Waals surface area contributed by atoms with Crippen molar-refractivity contribution >= 4 is 11.8 Å². The molecular formula is C20H20FN3O2. The molecule has 1 aromatic carbocycles. The van der Waals surface area contributed by atoms with Crippen LogP contribution in [0.5, 0.6) is 0 Å². The highest BCUT2D eigenvalue weighted by Gasteiger charge is 2.47. The van der Waals surface area contributed by atoms with Crippen molar-refractivity contribution in [1.82, 2.24) is 14.4 Å². The van der Waals surface area contributed by atoms with Crippen LogP contribution in [-0.4, -0.2) is 45.3 Å². The lowest BCUT2D eigenvalue weighted by molar-refractivity contribution is -0.131. The van der Waals surface area contributed by atoms with E-state index in [4.69, 9.17) is 0 Å². The summed E-state index contributed by atoms with van der Waals surface area (Å²) in [4.78, 5) is 29.4. The van der Waals surface area contributed by atoms with Gasteiger partial charge in [0, 0.05) is 31.7 Å². The van der Waals surface area contributed by atoms with Gasteiger partial charge in [0.05, 0.1) is 12.1 Å². The lowest BCUT2D eigenvalue weighted by Gasteiger charge is -2.38. The first kappa shape index (κ1) is 15.6. The molecule has 2 fully saturated rings. The number of carbonyl (C=O) groups is 2. The number of aromatic nitrogens is 1. The van der Waals surface area contributed by atoms with Gasteiger partial charge in [0.1, 0.15) is 11.5 Å². The molecule has 2 aliphatic heterocycles. The minimum absolute atomic E-state index is 0.0266. The van der Waals surface area contributed by atoms with Gasteiger partial charge in [-0.25, -0.2) is 4.39 Å². The van der Waals surface area contributed by atoms with Gasteiger partial charge in [-0.1, -0.05) is 12.1 Å². The SMILES string of the molecule is O=C(C1CC1)N1C[C@@H]2[C@H](C1)n1cccc1C(=O)N2Cc1ccc(F)cc1. The van der Waals surface area contributed by atoms with Crippen molar-refractivity contribution in [3.05, 3.63) is 59.7 Å². The number of hydrogen-bond donors (Lipinski definition) is 0. The summed E-state index contributed by atoms with van der Waals surface area (Å²) in [6.45, 7) is 1.65. The molecule has 5 nitrogen and oxygen atoms in total. The van der Waals surface area contributed by atoms with Gasteiger partial charge in [0.15, 0.2) is 0 Å². The van der Waals surface area contributed by atoms with Gasteiger partial charge in [-0.15, -0.1) is 0 Å². The molecule has 1 aliphatic carbocycles. The van der Waals surface area contributed by atoms with Crippen LogP contribution in [0.15, 0.2) is 42.6 Å². The molecule has 0 spiro atoms. The van der Waals surface area contributed by atoms with Crippen LogP contribution >= 0.6 is 0 Å². The third kappa shape index (κ3) is 2.43. The summed E-state index contributed by atoms with van der Waals surface area (Å²) in [5.41, 5.74) is 1.56. The van der Waals surface area contributed by atoms with Crippen molar-refractivity contribution in [2.75, 3.05) is 13.1 Å². The molecule has 0 unspecified atom stereocenters. The van der Waals surface area contributed by atoms with Crippen molar-refractivity contribution in [3.63, 3.8) is 0 Å². The van der Waals surface area contributed by atoms with Gasteiger partial charge in [-0.3, -0.25) is 9.59 Å². The molecule has 3 aliphatic rings. The third-order valence-corrected chi connectivity index (χ3v) is 5.78. The number of benzene rings is 1. The van der Waals surface area contributed by atoms with E-state index in [-0.39, 0.29) is 35.6 Å². The molecular weight excluding hydrogens is 333 g/mol. The van der Waals surface area contributed by atoms with E-state index >= 15 is 0 Å². The van der Waals surface area contributed by atoms with E-state index < -0.39 is 0 Å². The number of fused-ring (bicyclic) bond motifs is 3. The first-order chi connectivity index (χ1) is 12.6. The number of rotatable bonds is 3. The fourth-order valence-corrected chi connectivity index (χ4v) is 4.26. The zero-order chi connectivity index (χ0) is 17.8. The third-order valence-electron chi connectivity index (χ3n) is 5.78. The Balaban J connectivity index is 1.47. The number of nitrogens with zero attached hydrogens (tertiary/aromatic N) is 3. The van der Waals surface area contributed by atoms with E-state index in [1.54, 1.807) is 12.1 Å². The first-order valence-corrected chi connectivity index (χ1v) is 9.13. The predicted molar refractivity (Wildman–Crippen MR) is 92.8 cm³/mol. The number of hydrogen-bond acceptors (Lipinski definition) is 2. The lowest BCUT2D eigenvalue weighted by atomic mass is 10.0. The van der Waals surface area contributed by atoms with Crippen LogP contribution in [0.2, 0.25) is 0 Å². The molecule has 1 saturated heterocycles. The second kappa shape index (κ2) is 5.69. The van der Waals surface area contributed by atoms with E-state index in [1.165, 1.54) is 12.1 Å². The molecule has 1 aromatic heterocycles. The fraction of sp³-hybridized carbons (Fsp3) is 0.400. The van der Waals surface area contributed by atoms with Crippen LogP contribution in [0.25, 0.3) is 0 Å². The summed E-state index contributed by atoms with van der Waals surface area (Å²) >= 11 is 0. The summed E-state index contributed by atoms with van der Waals surface area (Å²) in [6.07, 6.45) is 3.90. The highest BCUT2D eigenvalue weighted by atomic mass is 19.1. The summed E-state index contributed by atoms with van der Waals surface area (Å²) < 4.78 is 15.2. The Morgan fingerprint density at radius 1 is 1.08 bits per heavy atom. The van der Waals surface area contributed by atoms with Crippen LogP contribution < -0.4 is 0 Å². The molecule has 2 amide bonds. The monoisotopic (exact) mass is 353 g/mol. The van der Waals surface area contributed by atoms with Gasteiger partial charge < -0.3 is 14.4 Å². The molecule has 5 rings (SSSR count). The van der Waals surface area contributed by atoms with Crippen molar-refractivity contribution in [2.24, 2.45) is 5.92 Å². The summed E-state index contributed by atoms with van der Waals surface area (Å²) in [5, 5.41) is 0. The van der Waals surface area contributed by atoms with Crippen molar-refractivity contribution in [2.45, 2.75) is 31.5 Å². The minimum Gasteiger partial charge on any atom is -0.338 e. The van der Waals surface area contributed by atoms with Gasteiger partial charge in [-0.05, 0) is 42.7 Å². The Morgan fingerprint density at radius 2 is 1.81 bits per heavy atom. The molecule has 0 bridgehead atoms. The average molecular weight is 353 g/mol. The largest absolute Gasteiger partial charge is 0.338 e. The summed E-state index contributed by atoms with van der Waals surface area (Å²) in [6, 6.07) is 10.0. The highest BCUT2D eigenvalue weighted by Crippen LogP contribution is 2.38. The minimum atomic E-state index is -0.285. The van der Waals surface area contributed by atoms with Crippen LogP contribution in [0.1, 0.15) is 34.9 Å². The second-order valence-electron chi connectivity index (χ2n) is 7.51. The predicted octanol–water partition coefficient (Wildman–Crippen LogP) is 2.45. The Labute approximate surface area is 151 Å². The van der Waals surface area contributed by atoms with E-state index in [2.05, 4.69) is 0 Å². The molecule has 6 heteroatoms. The van der Waals surface area contributed by atoms with Gasteiger partial charge >= 0.3 is 0 Å². The van der Waals surface area contributed by atoms with E-state index in [0.29, 0.717) is 25.3 Å². The summed E-state index contributed by atoms with van der Waals surface area (Å²) in [7, 11) is 0. The average Bonchev–Trinajstić information content (AvgIpc) is 3.20. The Bertz CT molecular complexity index is 871. The summed E-state index contributed by atoms with van der Waals surface area (Å²) in [5.74, 6) is 0.0941. The lowest BCUT2D eigenvalue weighted by Crippen LogP contribution is -2.49. The number of carbonyl (C=O) groups excluding carboxylic acids is 2. The molecule has 134 valence electrons. The molecule has 26 heavy (non-hydrogen) atoms. The molecule has 0 N–H and O–H groups in total. The second-order valence-corrected chi connectivity index (χ2v) is 7.51. The number of likely N-dealkylation sites (tertiary alicyclic amines) is 1. The van der Waals surface area contributed by atoms with Crippen LogP contribution in [-0.2, 0) is 11.3 Å². The van der Waals surface area contributed by atoms with Crippen molar-refractivity contribution in [1.29, 1.82) is 0 Å². The molecule has 2 aromatic rings.